The lowest BCUT2D eigenvalue weighted by molar-refractivity contribution is 0.0694. The standard InChI is InChI=1S/C19H20FN3O4/c1-10-7-14(24)15-16-11(18(25)12(19(26)27)9-23(10)16)8-13(20)17(15)22-5-3-21(2)4-6-22/h8-10H,3-7H2,1-2H3,(H,26,27). The first-order valence-electron chi connectivity index (χ1n) is 8.91. The number of Topliss-reactive ketones (excluding diaryl/α,β-unsaturated/α-hetero) is 1. The highest BCUT2D eigenvalue weighted by Crippen LogP contribution is 2.38. The molecule has 2 aliphatic heterocycles. The lowest BCUT2D eigenvalue weighted by Crippen LogP contribution is -2.45. The topological polar surface area (TPSA) is 82.8 Å². The van der Waals surface area contributed by atoms with Crippen LogP contribution >= 0.6 is 0 Å². The van der Waals surface area contributed by atoms with Crippen LogP contribution in [0.1, 0.15) is 40.1 Å². The van der Waals surface area contributed by atoms with E-state index in [2.05, 4.69) is 4.90 Å². The lowest BCUT2D eigenvalue weighted by Gasteiger charge is -2.36. The molecular formula is C19H20FN3O4. The third-order valence-corrected chi connectivity index (χ3v) is 5.53. The number of aromatic nitrogens is 1. The van der Waals surface area contributed by atoms with Crippen LogP contribution in [-0.2, 0) is 0 Å². The van der Waals surface area contributed by atoms with Gasteiger partial charge in [-0.2, -0.15) is 0 Å². The van der Waals surface area contributed by atoms with Gasteiger partial charge in [0.25, 0.3) is 0 Å². The number of piperazine rings is 1. The average Bonchev–Trinajstić information content (AvgIpc) is 2.61. The van der Waals surface area contributed by atoms with Gasteiger partial charge in [0.1, 0.15) is 11.4 Å². The summed E-state index contributed by atoms with van der Waals surface area (Å²) < 4.78 is 16.7. The molecule has 27 heavy (non-hydrogen) atoms. The number of halogens is 1. The SMILES string of the molecule is CC1CC(=O)c2c(N3CCN(C)CC3)c(F)cc3c(=O)c(C(=O)O)cn1c23. The van der Waals surface area contributed by atoms with Crippen molar-refractivity contribution in [1.82, 2.24) is 9.47 Å². The van der Waals surface area contributed by atoms with Gasteiger partial charge in [-0.15, -0.1) is 0 Å². The van der Waals surface area contributed by atoms with Gasteiger partial charge in [-0.05, 0) is 20.0 Å². The minimum atomic E-state index is -1.36. The largest absolute Gasteiger partial charge is 0.477 e. The van der Waals surface area contributed by atoms with E-state index in [0.29, 0.717) is 18.6 Å². The summed E-state index contributed by atoms with van der Waals surface area (Å²) in [6.07, 6.45) is 1.41. The van der Waals surface area contributed by atoms with E-state index in [1.54, 1.807) is 11.5 Å². The minimum Gasteiger partial charge on any atom is -0.477 e. The highest BCUT2D eigenvalue weighted by atomic mass is 19.1. The monoisotopic (exact) mass is 373 g/mol. The van der Waals surface area contributed by atoms with Crippen LogP contribution in [0.25, 0.3) is 10.9 Å². The molecule has 1 aromatic heterocycles. The van der Waals surface area contributed by atoms with E-state index in [9.17, 15) is 19.5 Å². The summed E-state index contributed by atoms with van der Waals surface area (Å²) >= 11 is 0. The maximum absolute atomic E-state index is 15.1. The number of nitrogens with zero attached hydrogens (tertiary/aromatic N) is 3. The molecule has 0 amide bonds. The molecule has 4 rings (SSSR count). The molecule has 3 heterocycles. The van der Waals surface area contributed by atoms with Gasteiger partial charge < -0.3 is 19.5 Å². The summed E-state index contributed by atoms with van der Waals surface area (Å²) in [5.74, 6) is -2.24. The zero-order valence-electron chi connectivity index (χ0n) is 15.2. The van der Waals surface area contributed by atoms with Crippen molar-refractivity contribution in [3.63, 3.8) is 0 Å². The average molecular weight is 373 g/mol. The predicted molar refractivity (Wildman–Crippen MR) is 98.5 cm³/mol. The zero-order chi connectivity index (χ0) is 19.5. The lowest BCUT2D eigenvalue weighted by atomic mass is 9.92. The highest BCUT2D eigenvalue weighted by molar-refractivity contribution is 6.13. The van der Waals surface area contributed by atoms with Gasteiger partial charge in [0.15, 0.2) is 5.78 Å². The van der Waals surface area contributed by atoms with Gasteiger partial charge in [-0.1, -0.05) is 0 Å². The summed E-state index contributed by atoms with van der Waals surface area (Å²) in [5, 5.41) is 9.28. The van der Waals surface area contributed by atoms with Crippen molar-refractivity contribution in [2.45, 2.75) is 19.4 Å². The second-order valence-electron chi connectivity index (χ2n) is 7.33. The molecule has 8 heteroatoms. The molecule has 0 saturated carbocycles. The van der Waals surface area contributed by atoms with Crippen LogP contribution in [0.2, 0.25) is 0 Å². The molecule has 1 fully saturated rings. The third kappa shape index (κ3) is 2.63. The Morgan fingerprint density at radius 2 is 1.89 bits per heavy atom. The van der Waals surface area contributed by atoms with E-state index in [1.165, 1.54) is 6.20 Å². The van der Waals surface area contributed by atoms with Gasteiger partial charge in [0.2, 0.25) is 5.43 Å². The first kappa shape index (κ1) is 17.7. The van der Waals surface area contributed by atoms with Crippen LogP contribution in [0.4, 0.5) is 10.1 Å². The molecule has 2 aliphatic rings. The van der Waals surface area contributed by atoms with Crippen molar-refractivity contribution in [3.8, 4) is 0 Å². The van der Waals surface area contributed by atoms with Crippen LogP contribution in [0.15, 0.2) is 17.1 Å². The number of hydrogen-bond acceptors (Lipinski definition) is 5. The number of ketones is 1. The molecule has 1 N–H and O–H groups in total. The molecule has 1 aromatic carbocycles. The van der Waals surface area contributed by atoms with E-state index in [0.717, 1.165) is 19.2 Å². The number of carbonyl (C=O) groups excluding carboxylic acids is 1. The molecule has 0 spiro atoms. The summed E-state index contributed by atoms with van der Waals surface area (Å²) in [4.78, 5) is 40.9. The Labute approximate surface area is 154 Å². The van der Waals surface area contributed by atoms with Crippen molar-refractivity contribution in [1.29, 1.82) is 0 Å². The highest BCUT2D eigenvalue weighted by Gasteiger charge is 2.33. The van der Waals surface area contributed by atoms with Crippen molar-refractivity contribution in [2.24, 2.45) is 0 Å². The molecule has 142 valence electrons. The van der Waals surface area contributed by atoms with Crippen molar-refractivity contribution in [3.05, 3.63) is 39.4 Å². The molecule has 7 nitrogen and oxygen atoms in total. The normalized spacial score (nSPS) is 20.3. The number of carboxylic acid groups (broad SMARTS) is 1. The molecule has 1 unspecified atom stereocenters. The number of aromatic carboxylic acids is 1. The third-order valence-electron chi connectivity index (χ3n) is 5.53. The van der Waals surface area contributed by atoms with E-state index >= 15 is 4.39 Å². The number of rotatable bonds is 2. The van der Waals surface area contributed by atoms with Gasteiger partial charge in [0, 0.05) is 44.8 Å². The fourth-order valence-corrected chi connectivity index (χ4v) is 4.05. The zero-order valence-corrected chi connectivity index (χ0v) is 15.2. The first-order chi connectivity index (χ1) is 12.8. The summed E-state index contributed by atoms with van der Waals surface area (Å²) in [6, 6.07) is 0.778. The van der Waals surface area contributed by atoms with Gasteiger partial charge in [-0.25, -0.2) is 9.18 Å². The summed E-state index contributed by atoms with van der Waals surface area (Å²) in [6.45, 7) is 4.42. The van der Waals surface area contributed by atoms with Crippen LogP contribution < -0.4 is 10.3 Å². The number of carbonyl (C=O) groups is 2. The maximum Gasteiger partial charge on any atom is 0.341 e. The second kappa shape index (κ2) is 6.16. The van der Waals surface area contributed by atoms with E-state index in [4.69, 9.17) is 0 Å². The van der Waals surface area contributed by atoms with Crippen molar-refractivity contribution >= 4 is 28.3 Å². The Balaban J connectivity index is 2.06. The Bertz CT molecular complexity index is 1040. The van der Waals surface area contributed by atoms with Crippen molar-refractivity contribution in [2.75, 3.05) is 38.1 Å². The smallest absolute Gasteiger partial charge is 0.341 e. The number of hydrogen-bond donors (Lipinski definition) is 1. The van der Waals surface area contributed by atoms with Gasteiger partial charge >= 0.3 is 5.97 Å². The van der Waals surface area contributed by atoms with Gasteiger partial charge in [-0.3, -0.25) is 9.59 Å². The number of benzene rings is 1. The van der Waals surface area contributed by atoms with E-state index in [-0.39, 0.29) is 34.9 Å². The molecule has 1 atom stereocenters. The number of anilines is 1. The quantitative estimate of drug-likeness (QED) is 0.863. The number of pyridine rings is 1. The minimum absolute atomic E-state index is 0.0554. The molecule has 0 aliphatic carbocycles. The van der Waals surface area contributed by atoms with Gasteiger partial charge in [0.05, 0.1) is 22.2 Å². The number of likely N-dealkylation sites (N-methyl/N-ethyl adjacent to an activating group) is 1. The molecule has 2 aromatic rings. The summed E-state index contributed by atoms with van der Waals surface area (Å²) in [5.41, 5.74) is -0.420. The number of carboxylic acids is 1. The Kier molecular flexibility index (Phi) is 4.03. The maximum atomic E-state index is 15.1. The molecular weight excluding hydrogens is 353 g/mol. The molecule has 0 bridgehead atoms. The predicted octanol–water partition coefficient (Wildman–Crippen LogP) is 1.74. The second-order valence-corrected chi connectivity index (χ2v) is 7.33. The fraction of sp³-hybridized carbons (Fsp3) is 0.421. The van der Waals surface area contributed by atoms with Crippen LogP contribution in [-0.4, -0.2) is 59.6 Å². The van der Waals surface area contributed by atoms with Crippen LogP contribution in [0.5, 0.6) is 0 Å². The molecule has 1 saturated heterocycles. The Morgan fingerprint density at radius 1 is 1.22 bits per heavy atom. The van der Waals surface area contributed by atoms with E-state index in [1.807, 2.05) is 11.9 Å². The van der Waals surface area contributed by atoms with Crippen LogP contribution in [0.3, 0.4) is 0 Å². The fourth-order valence-electron chi connectivity index (χ4n) is 4.05. The van der Waals surface area contributed by atoms with Crippen molar-refractivity contribution < 1.29 is 19.1 Å². The Hall–Kier alpha value is -2.74. The van der Waals surface area contributed by atoms with Crippen LogP contribution in [0, 0.1) is 5.82 Å². The molecule has 0 radical (unpaired) electrons. The Morgan fingerprint density at radius 3 is 2.52 bits per heavy atom. The summed E-state index contributed by atoms with van der Waals surface area (Å²) in [7, 11) is 1.98. The van der Waals surface area contributed by atoms with E-state index < -0.39 is 22.8 Å². The first-order valence-corrected chi connectivity index (χ1v) is 8.91.